The van der Waals surface area contributed by atoms with E-state index in [1.807, 2.05) is 0 Å². The third-order valence-corrected chi connectivity index (χ3v) is 4.46. The number of aromatic carboxylic acids is 1. The Morgan fingerprint density at radius 1 is 0.967 bits per heavy atom. The summed E-state index contributed by atoms with van der Waals surface area (Å²) in [6, 6.07) is 0. The molecule has 1 aromatic rings. The van der Waals surface area contributed by atoms with Gasteiger partial charge in [0.1, 0.15) is 26.3 Å². The van der Waals surface area contributed by atoms with E-state index in [4.69, 9.17) is 35.9 Å². The number of hydrogen-bond acceptors (Lipinski definition) is 7. The Bertz CT molecular complexity index is 1030. The van der Waals surface area contributed by atoms with Crippen LogP contribution in [0.4, 0.5) is 0 Å². The van der Waals surface area contributed by atoms with Gasteiger partial charge in [-0.25, -0.2) is 14.4 Å². The van der Waals surface area contributed by atoms with Crippen molar-refractivity contribution in [2.75, 3.05) is 12.4 Å². The molecule has 8 radical (unpaired) electrons. The molecular weight excluding hydrogens is 411 g/mol. The monoisotopic (exact) mass is 424 g/mol. The number of hydrogen-bond donors (Lipinski definition) is 2. The number of ether oxygens (including phenoxy) is 2. The third kappa shape index (κ3) is 6.43. The summed E-state index contributed by atoms with van der Waals surface area (Å²) in [5.41, 5.74) is -0.823. The van der Waals surface area contributed by atoms with E-state index in [2.05, 4.69) is 9.47 Å². The number of rotatable bonds is 8. The first kappa shape index (κ1) is 25.4. The van der Waals surface area contributed by atoms with Gasteiger partial charge in [0.15, 0.2) is 0 Å². The molecule has 0 saturated carbocycles. The van der Waals surface area contributed by atoms with Crippen molar-refractivity contribution in [1.82, 2.24) is 0 Å². The maximum Gasteiger partial charge on any atom is 0.387 e. The van der Waals surface area contributed by atoms with Gasteiger partial charge in [0.05, 0.1) is 40.6 Å². The topological polar surface area (TPSA) is 144 Å². The van der Waals surface area contributed by atoms with E-state index >= 15 is 0 Å². The Kier molecular flexibility index (Phi) is 9.26. The van der Waals surface area contributed by atoms with Crippen LogP contribution < -0.4 is 5.46 Å². The second kappa shape index (κ2) is 10.9. The molecule has 0 bridgehead atoms. The van der Waals surface area contributed by atoms with Crippen molar-refractivity contribution in [3.8, 4) is 12.0 Å². The maximum absolute atomic E-state index is 12.5. The molecule has 0 unspecified atom stereocenters. The molecule has 1 rings (SSSR count). The largest absolute Gasteiger partial charge is 0.478 e. The zero-order valence-corrected chi connectivity index (χ0v) is 16.3. The van der Waals surface area contributed by atoms with Crippen molar-refractivity contribution in [3.63, 3.8) is 0 Å². The highest BCUT2D eigenvalue weighted by Gasteiger charge is 2.27. The zero-order chi connectivity index (χ0) is 23.1. The second-order valence-electron chi connectivity index (χ2n) is 5.56. The highest BCUT2D eigenvalue weighted by molar-refractivity contribution is 7.85. The predicted molar refractivity (Wildman–Crippen MR) is 108 cm³/mol. The summed E-state index contributed by atoms with van der Waals surface area (Å²) in [5, 5.41) is 9.50. The van der Waals surface area contributed by atoms with Crippen LogP contribution in [0.1, 0.15) is 37.4 Å². The summed E-state index contributed by atoms with van der Waals surface area (Å²) in [6.45, 7) is -0.683. The number of esters is 2. The van der Waals surface area contributed by atoms with E-state index in [-0.39, 0.29) is 41.1 Å². The van der Waals surface area contributed by atoms with E-state index in [1.165, 1.54) is 0 Å². The molecule has 0 saturated heterocycles. The van der Waals surface area contributed by atoms with Gasteiger partial charge in [-0.05, 0) is 5.56 Å². The van der Waals surface area contributed by atoms with Crippen molar-refractivity contribution in [1.29, 1.82) is 0 Å². The van der Waals surface area contributed by atoms with Gasteiger partial charge in [-0.1, -0.05) is 35.6 Å². The molecule has 0 aliphatic heterocycles. The Morgan fingerprint density at radius 3 is 2.00 bits per heavy atom. The summed E-state index contributed by atoms with van der Waals surface area (Å²) in [4.78, 5) is 35.5. The summed E-state index contributed by atoms with van der Waals surface area (Å²) in [7, 11) is 18.5. The minimum absolute atomic E-state index is 0.0482. The van der Waals surface area contributed by atoms with Gasteiger partial charge in [-0.15, -0.1) is 0 Å². The van der Waals surface area contributed by atoms with Crippen LogP contribution in [0.2, 0.25) is 0 Å². The molecule has 2 N–H and O–H groups in total. The predicted octanol–water partition coefficient (Wildman–Crippen LogP) is -2.27. The quantitative estimate of drug-likeness (QED) is 0.205. The van der Waals surface area contributed by atoms with Crippen LogP contribution in [0, 0.1) is 12.0 Å². The van der Waals surface area contributed by atoms with Crippen LogP contribution in [-0.2, 0) is 43.3 Å². The van der Waals surface area contributed by atoms with Crippen molar-refractivity contribution < 1.29 is 41.9 Å². The lowest BCUT2D eigenvalue weighted by Crippen LogP contribution is -2.29. The van der Waals surface area contributed by atoms with Crippen molar-refractivity contribution in [2.24, 2.45) is 0 Å². The summed E-state index contributed by atoms with van der Waals surface area (Å²) < 4.78 is 38.5. The standard InChI is InChI=1S/C16H12B4O9S/c17-5-8-9(6-18)12(13(15(22)23)14(20)10(8)7-19)16(24)29-2-1-11(21)28-3-4-30(25,26)27/h3-7H2,(H,22,23)(H,25,26,27). The minimum Gasteiger partial charge on any atom is -0.478 e. The Hall–Kier alpha value is -2.64. The summed E-state index contributed by atoms with van der Waals surface area (Å²) >= 11 is 0. The SMILES string of the molecule is [B]Cc1c([B])c(C(=O)O)c(C(=O)OC#CC(=O)OCCS(=O)(=O)O)c(C[B])c1C[B]. The Morgan fingerprint density at radius 2 is 1.53 bits per heavy atom. The number of carboxylic acid groups (broad SMARTS) is 1. The van der Waals surface area contributed by atoms with E-state index in [1.54, 1.807) is 12.0 Å². The molecule has 0 atom stereocenters. The molecule has 0 aliphatic rings. The maximum atomic E-state index is 12.5. The molecule has 14 heteroatoms. The first-order valence-electron chi connectivity index (χ1n) is 8.12. The molecule has 0 aromatic heterocycles. The summed E-state index contributed by atoms with van der Waals surface area (Å²) in [5.74, 6) is -3.19. The van der Waals surface area contributed by atoms with Gasteiger partial charge in [0.25, 0.3) is 10.1 Å². The molecule has 1 aromatic carbocycles. The molecule has 9 nitrogen and oxygen atoms in total. The Labute approximate surface area is 178 Å². The lowest BCUT2D eigenvalue weighted by Gasteiger charge is -2.21. The van der Waals surface area contributed by atoms with Gasteiger partial charge in [-0.3, -0.25) is 4.55 Å². The van der Waals surface area contributed by atoms with Crippen LogP contribution in [-0.4, -0.2) is 79.7 Å². The highest BCUT2D eigenvalue weighted by atomic mass is 32.2. The molecule has 0 amide bonds. The van der Waals surface area contributed by atoms with Gasteiger partial charge >= 0.3 is 17.9 Å². The molecule has 30 heavy (non-hydrogen) atoms. The molecule has 0 heterocycles. The van der Waals surface area contributed by atoms with E-state index in [0.29, 0.717) is 0 Å². The molecular formula is C16H12B4O9S. The third-order valence-electron chi connectivity index (χ3n) is 3.78. The average Bonchev–Trinajstić information content (AvgIpc) is 2.65. The van der Waals surface area contributed by atoms with Gasteiger partial charge in [-0.2, -0.15) is 8.42 Å². The fourth-order valence-corrected chi connectivity index (χ4v) is 2.82. The highest BCUT2D eigenvalue weighted by Crippen LogP contribution is 2.23. The average molecular weight is 424 g/mol. The van der Waals surface area contributed by atoms with E-state index < -0.39 is 51.5 Å². The van der Waals surface area contributed by atoms with Crippen LogP contribution in [0.3, 0.4) is 0 Å². The molecule has 0 fully saturated rings. The second-order valence-corrected chi connectivity index (χ2v) is 7.13. The van der Waals surface area contributed by atoms with Crippen molar-refractivity contribution >= 4 is 64.9 Å². The molecule has 0 aliphatic carbocycles. The smallest absolute Gasteiger partial charge is 0.387 e. The van der Waals surface area contributed by atoms with Gasteiger partial charge < -0.3 is 14.6 Å². The van der Waals surface area contributed by atoms with Crippen LogP contribution in [0.15, 0.2) is 0 Å². The van der Waals surface area contributed by atoms with E-state index in [9.17, 15) is 27.9 Å². The van der Waals surface area contributed by atoms with Crippen LogP contribution in [0.5, 0.6) is 0 Å². The first-order valence-corrected chi connectivity index (χ1v) is 9.72. The lowest BCUT2D eigenvalue weighted by atomic mass is 9.70. The Balaban J connectivity index is 3.23. The van der Waals surface area contributed by atoms with Gasteiger partial charge in [0, 0.05) is 0 Å². The van der Waals surface area contributed by atoms with Gasteiger partial charge in [0.2, 0.25) is 0 Å². The lowest BCUT2D eigenvalue weighted by molar-refractivity contribution is -0.136. The number of carbonyl (C=O) groups is 3. The van der Waals surface area contributed by atoms with E-state index in [0.717, 1.165) is 0 Å². The number of carboxylic acids is 1. The van der Waals surface area contributed by atoms with Crippen molar-refractivity contribution in [2.45, 2.75) is 19.0 Å². The number of carbonyl (C=O) groups excluding carboxylic acids is 2. The molecule has 148 valence electrons. The first-order chi connectivity index (χ1) is 14.0. The number of benzene rings is 1. The normalized spacial score (nSPS) is 10.6. The van der Waals surface area contributed by atoms with Crippen LogP contribution in [0.25, 0.3) is 0 Å². The summed E-state index contributed by atoms with van der Waals surface area (Å²) in [6.07, 6.45) is 1.12. The molecule has 0 spiro atoms. The fraction of sp³-hybridized carbons (Fsp3) is 0.312. The fourth-order valence-electron chi connectivity index (χ4n) is 2.52. The van der Waals surface area contributed by atoms with Crippen molar-refractivity contribution in [3.05, 3.63) is 27.8 Å². The van der Waals surface area contributed by atoms with Crippen LogP contribution >= 0.6 is 0 Å². The zero-order valence-electron chi connectivity index (χ0n) is 15.5. The minimum atomic E-state index is -4.34.